The Balaban J connectivity index is 1.28. The van der Waals surface area contributed by atoms with Gasteiger partial charge in [-0.1, -0.05) is 91.0 Å². The van der Waals surface area contributed by atoms with Crippen molar-refractivity contribution in [2.24, 2.45) is 0 Å². The molecule has 3 nitrogen and oxygen atoms in total. The number of aliphatic hydroxyl groups excluding tert-OH is 1. The van der Waals surface area contributed by atoms with Crippen LogP contribution < -0.4 is 4.90 Å². The summed E-state index contributed by atoms with van der Waals surface area (Å²) in [6.07, 6.45) is 0. The standard InChI is InChI=1S/C44H32N2OS/c1-29-9-2-3-10-35(29)31-19-23-33(24-20-31)45(32-21-17-30(28-47)18-22-32)40-14-8-15-41-44(40)37-12-4-6-13-39(37)46(41)34-25-26-43-38(27-34)36-11-5-7-16-42(36)48-43/h2-27,47H,28H2,1H3. The number of nitrogens with zero attached hydrogens (tertiary/aromatic N) is 2. The molecule has 48 heavy (non-hydrogen) atoms. The molecule has 0 saturated heterocycles. The van der Waals surface area contributed by atoms with Gasteiger partial charge >= 0.3 is 0 Å². The highest BCUT2D eigenvalue weighted by atomic mass is 32.1. The fraction of sp³-hybridized carbons (Fsp3) is 0.0455. The number of aromatic nitrogens is 1. The Bertz CT molecular complexity index is 2610. The van der Waals surface area contributed by atoms with Gasteiger partial charge in [0, 0.05) is 48.0 Å². The quantitative estimate of drug-likeness (QED) is 0.197. The number of rotatable bonds is 6. The van der Waals surface area contributed by atoms with Crippen molar-refractivity contribution in [1.29, 1.82) is 0 Å². The van der Waals surface area contributed by atoms with E-state index in [1.54, 1.807) is 0 Å². The maximum atomic E-state index is 9.83. The molecule has 0 spiro atoms. The topological polar surface area (TPSA) is 28.4 Å². The first-order valence-electron chi connectivity index (χ1n) is 16.3. The minimum atomic E-state index is 0.0121. The van der Waals surface area contributed by atoms with Gasteiger partial charge in [-0.25, -0.2) is 0 Å². The number of para-hydroxylation sites is 1. The molecule has 0 aliphatic heterocycles. The minimum absolute atomic E-state index is 0.0121. The van der Waals surface area contributed by atoms with Crippen molar-refractivity contribution in [3.63, 3.8) is 0 Å². The summed E-state index contributed by atoms with van der Waals surface area (Å²) in [7, 11) is 0. The summed E-state index contributed by atoms with van der Waals surface area (Å²) in [4.78, 5) is 2.34. The van der Waals surface area contributed by atoms with Crippen LogP contribution in [0.25, 0.3) is 58.8 Å². The van der Waals surface area contributed by atoms with Gasteiger partial charge in [-0.2, -0.15) is 0 Å². The molecule has 0 fully saturated rings. The highest BCUT2D eigenvalue weighted by Gasteiger charge is 2.21. The van der Waals surface area contributed by atoms with Crippen LogP contribution in [-0.2, 0) is 6.61 Å². The van der Waals surface area contributed by atoms with Crippen molar-refractivity contribution >= 4 is 70.4 Å². The van der Waals surface area contributed by atoms with Crippen molar-refractivity contribution in [2.45, 2.75) is 13.5 Å². The van der Waals surface area contributed by atoms with Crippen LogP contribution in [0.2, 0.25) is 0 Å². The van der Waals surface area contributed by atoms with Gasteiger partial charge < -0.3 is 14.6 Å². The smallest absolute Gasteiger partial charge is 0.0681 e. The Morgan fingerprint density at radius 3 is 2.04 bits per heavy atom. The van der Waals surface area contributed by atoms with Gasteiger partial charge in [0.05, 0.1) is 23.3 Å². The van der Waals surface area contributed by atoms with Crippen molar-refractivity contribution in [1.82, 2.24) is 4.57 Å². The van der Waals surface area contributed by atoms with E-state index in [2.05, 4.69) is 162 Å². The van der Waals surface area contributed by atoms with E-state index in [-0.39, 0.29) is 6.61 Å². The third-order valence-corrected chi connectivity index (χ3v) is 10.6. The summed E-state index contributed by atoms with van der Waals surface area (Å²) in [5.41, 5.74) is 11.3. The van der Waals surface area contributed by atoms with Gasteiger partial charge in [-0.3, -0.25) is 0 Å². The van der Waals surface area contributed by atoms with E-state index in [1.165, 1.54) is 53.2 Å². The predicted octanol–water partition coefficient (Wildman–Crippen LogP) is 12.1. The number of thiophene rings is 1. The number of hydrogen-bond acceptors (Lipinski definition) is 3. The number of aliphatic hydroxyl groups is 1. The third kappa shape index (κ3) is 4.61. The molecule has 2 aromatic heterocycles. The lowest BCUT2D eigenvalue weighted by molar-refractivity contribution is 0.282. The summed E-state index contributed by atoms with van der Waals surface area (Å²) < 4.78 is 5.02. The van der Waals surface area contributed by atoms with E-state index < -0.39 is 0 Å². The number of hydrogen-bond donors (Lipinski definition) is 1. The van der Waals surface area contributed by atoms with E-state index in [9.17, 15) is 5.11 Å². The molecular weight excluding hydrogens is 605 g/mol. The number of benzene rings is 7. The van der Waals surface area contributed by atoms with Crippen LogP contribution in [0.1, 0.15) is 11.1 Å². The van der Waals surface area contributed by atoms with Crippen molar-refractivity contribution in [2.75, 3.05) is 4.90 Å². The maximum Gasteiger partial charge on any atom is 0.0681 e. The summed E-state index contributed by atoms with van der Waals surface area (Å²) in [6.45, 7) is 2.17. The molecular formula is C44H32N2OS. The molecule has 2 heterocycles. The minimum Gasteiger partial charge on any atom is -0.392 e. The van der Waals surface area contributed by atoms with Crippen LogP contribution in [0.5, 0.6) is 0 Å². The molecule has 0 atom stereocenters. The summed E-state index contributed by atoms with van der Waals surface area (Å²) in [5.74, 6) is 0. The second kappa shape index (κ2) is 11.5. The Hall–Kier alpha value is -5.68. The fourth-order valence-electron chi connectivity index (χ4n) is 7.18. The molecule has 0 saturated carbocycles. The van der Waals surface area contributed by atoms with Crippen LogP contribution in [0.15, 0.2) is 158 Å². The molecule has 230 valence electrons. The van der Waals surface area contributed by atoms with Gasteiger partial charge in [0.2, 0.25) is 0 Å². The van der Waals surface area contributed by atoms with E-state index in [1.807, 2.05) is 23.5 Å². The monoisotopic (exact) mass is 636 g/mol. The lowest BCUT2D eigenvalue weighted by atomic mass is 10.00. The molecule has 0 aliphatic rings. The largest absolute Gasteiger partial charge is 0.392 e. The van der Waals surface area contributed by atoms with E-state index in [0.717, 1.165) is 33.8 Å². The molecule has 0 radical (unpaired) electrons. The highest BCUT2D eigenvalue weighted by molar-refractivity contribution is 7.25. The second-order valence-corrected chi connectivity index (χ2v) is 13.4. The van der Waals surface area contributed by atoms with E-state index in [4.69, 9.17) is 0 Å². The molecule has 4 heteroatoms. The van der Waals surface area contributed by atoms with E-state index >= 15 is 0 Å². The molecule has 0 amide bonds. The first-order chi connectivity index (χ1) is 23.7. The fourth-order valence-corrected chi connectivity index (χ4v) is 8.27. The van der Waals surface area contributed by atoms with Crippen molar-refractivity contribution in [3.8, 4) is 16.8 Å². The molecule has 7 aromatic carbocycles. The van der Waals surface area contributed by atoms with Gasteiger partial charge in [-0.05, 0) is 95.9 Å². The van der Waals surface area contributed by atoms with Crippen LogP contribution in [0, 0.1) is 6.92 Å². The van der Waals surface area contributed by atoms with Crippen LogP contribution in [-0.4, -0.2) is 9.67 Å². The first-order valence-corrected chi connectivity index (χ1v) is 17.1. The summed E-state index contributed by atoms with van der Waals surface area (Å²) in [5, 5.41) is 14.8. The normalized spacial score (nSPS) is 11.6. The summed E-state index contributed by atoms with van der Waals surface area (Å²) >= 11 is 1.85. The number of aryl methyl sites for hydroxylation is 1. The lowest BCUT2D eigenvalue weighted by Crippen LogP contribution is -2.10. The van der Waals surface area contributed by atoms with E-state index in [0.29, 0.717) is 0 Å². The Morgan fingerprint density at radius 1 is 0.583 bits per heavy atom. The molecule has 9 rings (SSSR count). The van der Waals surface area contributed by atoms with Gasteiger partial charge in [-0.15, -0.1) is 11.3 Å². The van der Waals surface area contributed by atoms with Crippen molar-refractivity contribution < 1.29 is 5.11 Å². The number of anilines is 3. The molecule has 0 unspecified atom stereocenters. The third-order valence-electron chi connectivity index (χ3n) is 9.49. The Kier molecular flexibility index (Phi) is 6.86. The van der Waals surface area contributed by atoms with Gasteiger partial charge in [0.25, 0.3) is 0 Å². The molecule has 0 bridgehead atoms. The molecule has 1 N–H and O–H groups in total. The SMILES string of the molecule is Cc1ccccc1-c1ccc(N(c2ccc(CO)cc2)c2cccc3c2c2ccccc2n3-c2ccc3sc4ccccc4c3c2)cc1. The predicted molar refractivity (Wildman–Crippen MR) is 204 cm³/mol. The van der Waals surface area contributed by atoms with Gasteiger partial charge in [0.15, 0.2) is 0 Å². The number of fused-ring (bicyclic) bond motifs is 6. The van der Waals surface area contributed by atoms with Crippen molar-refractivity contribution in [3.05, 3.63) is 169 Å². The van der Waals surface area contributed by atoms with Crippen LogP contribution >= 0.6 is 11.3 Å². The first kappa shape index (κ1) is 28.5. The zero-order valence-electron chi connectivity index (χ0n) is 26.5. The average Bonchev–Trinajstić information content (AvgIpc) is 3.68. The summed E-state index contributed by atoms with van der Waals surface area (Å²) in [6, 6.07) is 56.6. The molecule has 0 aliphatic carbocycles. The zero-order chi connectivity index (χ0) is 32.2. The highest BCUT2D eigenvalue weighted by Crippen LogP contribution is 2.45. The Labute approximate surface area is 283 Å². The average molecular weight is 637 g/mol. The lowest BCUT2D eigenvalue weighted by Gasteiger charge is -2.27. The van der Waals surface area contributed by atoms with Gasteiger partial charge in [0.1, 0.15) is 0 Å². The second-order valence-electron chi connectivity index (χ2n) is 12.3. The Morgan fingerprint density at radius 2 is 1.25 bits per heavy atom. The van der Waals surface area contributed by atoms with Crippen LogP contribution in [0.4, 0.5) is 17.1 Å². The van der Waals surface area contributed by atoms with Crippen LogP contribution in [0.3, 0.4) is 0 Å². The zero-order valence-corrected chi connectivity index (χ0v) is 27.3. The maximum absolute atomic E-state index is 9.83. The molecule has 9 aromatic rings.